The van der Waals surface area contributed by atoms with Crippen molar-refractivity contribution in [2.45, 2.75) is 39.7 Å². The number of benzene rings is 1. The van der Waals surface area contributed by atoms with Gasteiger partial charge in [0.25, 0.3) is 11.8 Å². The fourth-order valence-electron chi connectivity index (χ4n) is 3.05. The number of hydrogen-bond acceptors (Lipinski definition) is 3. The van der Waals surface area contributed by atoms with E-state index in [1.54, 1.807) is 24.3 Å². The maximum Gasteiger partial charge on any atom is 0.261 e. The van der Waals surface area contributed by atoms with Crippen LogP contribution < -0.4 is 0 Å². The zero-order valence-corrected chi connectivity index (χ0v) is 13.6. The summed E-state index contributed by atoms with van der Waals surface area (Å²) in [6, 6.07) is 9.10. The predicted molar refractivity (Wildman–Crippen MR) is 87.4 cm³/mol. The van der Waals surface area contributed by atoms with Crippen LogP contribution in [0.15, 0.2) is 30.3 Å². The third kappa shape index (κ3) is 3.04. The van der Waals surface area contributed by atoms with Crippen molar-refractivity contribution >= 4 is 11.8 Å². The van der Waals surface area contributed by atoms with E-state index in [9.17, 15) is 9.59 Å². The molecule has 1 aromatic carbocycles. The summed E-state index contributed by atoms with van der Waals surface area (Å²) < 4.78 is 2.01. The molecule has 0 bridgehead atoms. The van der Waals surface area contributed by atoms with E-state index in [1.807, 2.05) is 11.6 Å². The van der Waals surface area contributed by atoms with Gasteiger partial charge < -0.3 is 0 Å². The Balaban J connectivity index is 1.48. The molecule has 2 amide bonds. The van der Waals surface area contributed by atoms with E-state index in [4.69, 9.17) is 0 Å². The zero-order chi connectivity index (χ0) is 16.4. The Bertz CT molecular complexity index is 713. The van der Waals surface area contributed by atoms with E-state index in [0.717, 1.165) is 31.5 Å². The molecule has 5 heteroatoms. The van der Waals surface area contributed by atoms with Crippen molar-refractivity contribution in [2.75, 3.05) is 6.54 Å². The summed E-state index contributed by atoms with van der Waals surface area (Å²) in [6.45, 7) is 5.41. The highest BCUT2D eigenvalue weighted by Crippen LogP contribution is 2.22. The first-order chi connectivity index (χ1) is 11.1. The Hall–Kier alpha value is -2.43. The molecule has 120 valence electrons. The number of carbonyl (C=O) groups is 2. The number of aromatic nitrogens is 2. The highest BCUT2D eigenvalue weighted by atomic mass is 16.2. The highest BCUT2D eigenvalue weighted by Gasteiger charge is 2.34. The number of carbonyl (C=O) groups excluding carboxylic acids is 2. The van der Waals surface area contributed by atoms with Crippen LogP contribution >= 0.6 is 0 Å². The third-order valence-corrected chi connectivity index (χ3v) is 4.23. The molecule has 5 nitrogen and oxygen atoms in total. The molecule has 3 rings (SSSR count). The summed E-state index contributed by atoms with van der Waals surface area (Å²) in [5.41, 5.74) is 3.26. The average molecular weight is 311 g/mol. The van der Waals surface area contributed by atoms with Gasteiger partial charge in [0.05, 0.1) is 16.8 Å². The first-order valence-corrected chi connectivity index (χ1v) is 8.04. The molecule has 0 fully saturated rings. The number of amides is 2. The smallest absolute Gasteiger partial charge is 0.261 e. The van der Waals surface area contributed by atoms with Gasteiger partial charge in [0.2, 0.25) is 0 Å². The molecule has 1 aromatic heterocycles. The van der Waals surface area contributed by atoms with Crippen LogP contribution in [0.4, 0.5) is 0 Å². The number of imide groups is 1. The van der Waals surface area contributed by atoms with Crippen LogP contribution in [-0.2, 0) is 6.54 Å². The molecule has 2 heterocycles. The van der Waals surface area contributed by atoms with E-state index < -0.39 is 0 Å². The molecule has 0 N–H and O–H groups in total. The molecular formula is C18H21N3O2. The fourth-order valence-corrected chi connectivity index (χ4v) is 3.05. The normalized spacial score (nSPS) is 13.7. The summed E-state index contributed by atoms with van der Waals surface area (Å²) in [5.74, 6) is -0.326. The lowest BCUT2D eigenvalue weighted by molar-refractivity contribution is 0.0651. The van der Waals surface area contributed by atoms with Gasteiger partial charge in [-0.15, -0.1) is 0 Å². The third-order valence-electron chi connectivity index (χ3n) is 4.23. The molecule has 23 heavy (non-hydrogen) atoms. The quantitative estimate of drug-likeness (QED) is 0.609. The first kappa shape index (κ1) is 15.5. The maximum absolute atomic E-state index is 12.2. The molecule has 1 aliphatic heterocycles. The van der Waals surface area contributed by atoms with Crippen LogP contribution in [0.25, 0.3) is 0 Å². The van der Waals surface area contributed by atoms with E-state index in [-0.39, 0.29) is 11.8 Å². The summed E-state index contributed by atoms with van der Waals surface area (Å²) >= 11 is 0. The van der Waals surface area contributed by atoms with Gasteiger partial charge in [0.1, 0.15) is 0 Å². The van der Waals surface area contributed by atoms with Crippen LogP contribution in [0.1, 0.15) is 51.4 Å². The van der Waals surface area contributed by atoms with Crippen LogP contribution in [-0.4, -0.2) is 33.0 Å². The van der Waals surface area contributed by atoms with Crippen molar-refractivity contribution < 1.29 is 9.59 Å². The van der Waals surface area contributed by atoms with Crippen molar-refractivity contribution in [3.63, 3.8) is 0 Å². The Morgan fingerprint density at radius 3 is 2.09 bits per heavy atom. The summed E-state index contributed by atoms with van der Waals surface area (Å²) in [6.07, 6.45) is 2.78. The topological polar surface area (TPSA) is 55.2 Å². The van der Waals surface area contributed by atoms with Crippen molar-refractivity contribution in [1.82, 2.24) is 14.7 Å². The fraction of sp³-hybridized carbons (Fsp3) is 0.389. The number of unbranched alkanes of at least 4 members (excludes halogenated alkanes) is 2. The van der Waals surface area contributed by atoms with Crippen molar-refractivity contribution in [2.24, 2.45) is 0 Å². The van der Waals surface area contributed by atoms with E-state index in [2.05, 4.69) is 18.1 Å². The molecule has 0 aliphatic carbocycles. The van der Waals surface area contributed by atoms with Crippen LogP contribution in [0, 0.1) is 13.8 Å². The molecular weight excluding hydrogens is 290 g/mol. The molecule has 2 aromatic rings. The van der Waals surface area contributed by atoms with Gasteiger partial charge in [-0.3, -0.25) is 19.2 Å². The van der Waals surface area contributed by atoms with Gasteiger partial charge in [0, 0.05) is 18.8 Å². The SMILES string of the molecule is Cc1cc(C)n(CCCCCN2C(=O)c3ccccc3C2=O)n1. The Labute approximate surface area is 135 Å². The second-order valence-corrected chi connectivity index (χ2v) is 6.02. The van der Waals surface area contributed by atoms with Crippen molar-refractivity contribution in [3.8, 4) is 0 Å². The number of nitrogens with zero attached hydrogens (tertiary/aromatic N) is 3. The Kier molecular flexibility index (Phi) is 4.28. The lowest BCUT2D eigenvalue weighted by atomic mass is 10.1. The Morgan fingerprint density at radius 1 is 0.913 bits per heavy atom. The first-order valence-electron chi connectivity index (χ1n) is 8.04. The van der Waals surface area contributed by atoms with Crippen molar-refractivity contribution in [1.29, 1.82) is 0 Å². The molecule has 0 saturated heterocycles. The zero-order valence-electron chi connectivity index (χ0n) is 13.6. The minimum atomic E-state index is -0.163. The summed E-state index contributed by atoms with van der Waals surface area (Å²) in [5, 5.41) is 4.43. The van der Waals surface area contributed by atoms with E-state index in [0.29, 0.717) is 17.7 Å². The van der Waals surface area contributed by atoms with E-state index >= 15 is 0 Å². The van der Waals surface area contributed by atoms with Gasteiger partial charge in [-0.25, -0.2) is 0 Å². The molecule has 1 aliphatic rings. The van der Waals surface area contributed by atoms with Gasteiger partial charge in [-0.2, -0.15) is 5.10 Å². The Morgan fingerprint density at radius 2 is 1.52 bits per heavy atom. The standard InChI is InChI=1S/C18H21N3O2/c1-13-12-14(2)21(19-13)11-7-3-6-10-20-17(22)15-8-4-5-9-16(15)18(20)23/h4-5,8-9,12H,3,6-7,10-11H2,1-2H3. The number of fused-ring (bicyclic) bond motifs is 1. The number of rotatable bonds is 6. The van der Waals surface area contributed by atoms with Gasteiger partial charge >= 0.3 is 0 Å². The monoisotopic (exact) mass is 311 g/mol. The second-order valence-electron chi connectivity index (χ2n) is 6.02. The van der Waals surface area contributed by atoms with Gasteiger partial charge in [-0.1, -0.05) is 12.1 Å². The molecule has 0 radical (unpaired) electrons. The summed E-state index contributed by atoms with van der Waals surface area (Å²) in [4.78, 5) is 25.8. The van der Waals surface area contributed by atoms with Crippen LogP contribution in [0.3, 0.4) is 0 Å². The predicted octanol–water partition coefficient (Wildman–Crippen LogP) is 2.97. The summed E-state index contributed by atoms with van der Waals surface area (Å²) in [7, 11) is 0. The number of aryl methyl sites for hydroxylation is 3. The van der Waals surface area contributed by atoms with Gasteiger partial charge in [0.15, 0.2) is 0 Å². The molecule has 0 atom stereocenters. The van der Waals surface area contributed by atoms with Crippen LogP contribution in [0.2, 0.25) is 0 Å². The lowest BCUT2D eigenvalue weighted by Crippen LogP contribution is -2.30. The molecule has 0 unspecified atom stereocenters. The largest absolute Gasteiger partial charge is 0.274 e. The molecule has 0 saturated carbocycles. The minimum absolute atomic E-state index is 0.163. The molecule has 0 spiro atoms. The van der Waals surface area contributed by atoms with Gasteiger partial charge in [-0.05, 0) is 51.3 Å². The second kappa shape index (κ2) is 6.36. The average Bonchev–Trinajstić information content (AvgIpc) is 2.98. The number of hydrogen-bond donors (Lipinski definition) is 0. The lowest BCUT2D eigenvalue weighted by Gasteiger charge is -2.13. The van der Waals surface area contributed by atoms with E-state index in [1.165, 1.54) is 10.6 Å². The van der Waals surface area contributed by atoms with Crippen LogP contribution in [0.5, 0.6) is 0 Å². The maximum atomic E-state index is 12.2. The minimum Gasteiger partial charge on any atom is -0.274 e. The van der Waals surface area contributed by atoms with Crippen molar-refractivity contribution in [3.05, 3.63) is 52.8 Å². The highest BCUT2D eigenvalue weighted by molar-refractivity contribution is 6.21.